The van der Waals surface area contributed by atoms with E-state index in [0.717, 1.165) is 39.3 Å². The monoisotopic (exact) mass is 856 g/mol. The minimum Gasteiger partial charge on any atom is -0.456 e. The highest BCUT2D eigenvalue weighted by Gasteiger charge is 2.47. The van der Waals surface area contributed by atoms with Gasteiger partial charge in [-0.05, 0) is 111 Å². The van der Waals surface area contributed by atoms with Crippen molar-refractivity contribution in [2.24, 2.45) is 0 Å². The summed E-state index contributed by atoms with van der Waals surface area (Å²) in [6.45, 7) is 4.76. The summed E-state index contributed by atoms with van der Waals surface area (Å²) in [5.74, 6) is 0. The molecule has 0 atom stereocenters. The highest BCUT2D eigenvalue weighted by molar-refractivity contribution is 6.15. The van der Waals surface area contributed by atoms with Crippen molar-refractivity contribution in [2.75, 3.05) is 4.90 Å². The van der Waals surface area contributed by atoms with Gasteiger partial charge in [-0.25, -0.2) is 0 Å². The Morgan fingerprint density at radius 2 is 1.00 bits per heavy atom. The molecule has 0 saturated heterocycles. The number of anilines is 3. The number of rotatable bonds is 6. The van der Waals surface area contributed by atoms with Crippen LogP contribution in [0, 0.1) is 0 Å². The second kappa shape index (κ2) is 14.1. The molecule has 3 nitrogen and oxygen atoms in total. The lowest BCUT2D eigenvalue weighted by molar-refractivity contribution is 0.657. The maximum atomic E-state index is 6.86. The molecule has 0 aliphatic heterocycles. The van der Waals surface area contributed by atoms with Crippen LogP contribution < -0.4 is 4.90 Å². The highest BCUT2D eigenvalue weighted by Crippen LogP contribution is 2.60. The summed E-state index contributed by atoms with van der Waals surface area (Å²) in [6.07, 6.45) is 0. The molecule has 0 saturated carbocycles. The van der Waals surface area contributed by atoms with Gasteiger partial charge in [-0.1, -0.05) is 178 Å². The first kappa shape index (κ1) is 37.9. The molecule has 67 heavy (non-hydrogen) atoms. The van der Waals surface area contributed by atoms with E-state index >= 15 is 0 Å². The van der Waals surface area contributed by atoms with Crippen molar-refractivity contribution in [2.45, 2.75) is 24.7 Å². The van der Waals surface area contributed by atoms with Crippen LogP contribution in [0.2, 0.25) is 0 Å². The fourth-order valence-corrected chi connectivity index (χ4v) is 12.3. The molecule has 2 aromatic heterocycles. The van der Waals surface area contributed by atoms with Gasteiger partial charge in [-0.2, -0.15) is 0 Å². The lowest BCUT2D eigenvalue weighted by atomic mass is 9.67. The molecule has 10 aromatic carbocycles. The lowest BCUT2D eigenvalue weighted by Gasteiger charge is -2.35. The van der Waals surface area contributed by atoms with Crippen LogP contribution in [0.15, 0.2) is 235 Å². The van der Waals surface area contributed by atoms with Crippen molar-refractivity contribution in [1.29, 1.82) is 0 Å². The summed E-state index contributed by atoms with van der Waals surface area (Å²) in [5.41, 5.74) is 20.4. The summed E-state index contributed by atoms with van der Waals surface area (Å²) >= 11 is 0. The van der Waals surface area contributed by atoms with E-state index < -0.39 is 5.41 Å². The Hall–Kier alpha value is -8.40. The van der Waals surface area contributed by atoms with E-state index in [1.54, 1.807) is 0 Å². The molecule has 2 heterocycles. The van der Waals surface area contributed by atoms with Crippen molar-refractivity contribution in [1.82, 2.24) is 4.57 Å². The second-order valence-corrected chi connectivity index (χ2v) is 18.8. The van der Waals surface area contributed by atoms with Crippen LogP contribution in [-0.4, -0.2) is 4.57 Å². The van der Waals surface area contributed by atoms with Gasteiger partial charge in [-0.15, -0.1) is 0 Å². The quantitative estimate of drug-likeness (QED) is 0.166. The number of hydrogen-bond donors (Lipinski definition) is 0. The van der Waals surface area contributed by atoms with Gasteiger partial charge < -0.3 is 13.9 Å². The molecule has 0 radical (unpaired) electrons. The summed E-state index contributed by atoms with van der Waals surface area (Å²) < 4.78 is 9.27. The number of furan rings is 1. The van der Waals surface area contributed by atoms with E-state index in [1.165, 1.54) is 82.8 Å². The normalized spacial score (nSPS) is 14.1. The molecular weight excluding hydrogens is 813 g/mol. The smallest absolute Gasteiger partial charge is 0.137 e. The van der Waals surface area contributed by atoms with E-state index in [1.807, 2.05) is 0 Å². The van der Waals surface area contributed by atoms with Crippen molar-refractivity contribution in [3.63, 3.8) is 0 Å². The van der Waals surface area contributed by atoms with Crippen molar-refractivity contribution in [3.8, 4) is 27.9 Å². The zero-order valence-electron chi connectivity index (χ0n) is 37.2. The third-order valence-electron chi connectivity index (χ3n) is 15.0. The zero-order chi connectivity index (χ0) is 44.4. The van der Waals surface area contributed by atoms with Gasteiger partial charge >= 0.3 is 0 Å². The van der Waals surface area contributed by atoms with Crippen molar-refractivity contribution in [3.05, 3.63) is 264 Å². The summed E-state index contributed by atoms with van der Waals surface area (Å²) in [6, 6.07) is 85.0. The topological polar surface area (TPSA) is 21.3 Å². The van der Waals surface area contributed by atoms with Gasteiger partial charge in [-0.3, -0.25) is 0 Å². The molecule has 0 N–H and O–H groups in total. The number of aromatic nitrogens is 1. The number of nitrogens with zero attached hydrogens (tertiary/aromatic N) is 2. The summed E-state index contributed by atoms with van der Waals surface area (Å²) in [5, 5.41) is 4.81. The van der Waals surface area contributed by atoms with Gasteiger partial charge in [0, 0.05) is 55.7 Å². The predicted octanol–water partition coefficient (Wildman–Crippen LogP) is 16.8. The number of fused-ring (bicyclic) bond motifs is 13. The lowest BCUT2D eigenvalue weighted by Crippen LogP contribution is -2.29. The van der Waals surface area contributed by atoms with Gasteiger partial charge in [0.25, 0.3) is 0 Å². The molecule has 0 spiro atoms. The van der Waals surface area contributed by atoms with Crippen molar-refractivity contribution >= 4 is 60.8 Å². The van der Waals surface area contributed by atoms with E-state index in [2.05, 4.69) is 254 Å². The summed E-state index contributed by atoms with van der Waals surface area (Å²) in [4.78, 5) is 2.48. The molecular formula is C64H44N2O. The first-order valence-corrected chi connectivity index (χ1v) is 23.3. The van der Waals surface area contributed by atoms with E-state index in [9.17, 15) is 0 Å². The average molecular weight is 857 g/mol. The first-order valence-electron chi connectivity index (χ1n) is 23.3. The Balaban J connectivity index is 1.07. The van der Waals surface area contributed by atoms with Crippen molar-refractivity contribution < 1.29 is 4.42 Å². The molecule has 316 valence electrons. The maximum Gasteiger partial charge on any atom is 0.137 e. The van der Waals surface area contributed by atoms with E-state index in [-0.39, 0.29) is 5.41 Å². The number of hydrogen-bond acceptors (Lipinski definition) is 2. The molecule has 0 unspecified atom stereocenters. The van der Waals surface area contributed by atoms with Crippen LogP contribution in [0.25, 0.3) is 71.7 Å². The minimum absolute atomic E-state index is 0.277. The molecule has 0 fully saturated rings. The molecule has 2 aliphatic rings. The van der Waals surface area contributed by atoms with Crippen LogP contribution >= 0.6 is 0 Å². The molecule has 0 bridgehead atoms. The fourth-order valence-electron chi connectivity index (χ4n) is 12.3. The minimum atomic E-state index is -0.644. The van der Waals surface area contributed by atoms with E-state index in [0.29, 0.717) is 0 Å². The van der Waals surface area contributed by atoms with Crippen LogP contribution in [0.3, 0.4) is 0 Å². The highest BCUT2D eigenvalue weighted by atomic mass is 16.3. The Kier molecular flexibility index (Phi) is 7.95. The maximum absolute atomic E-state index is 6.86. The Bertz CT molecular complexity index is 3920. The van der Waals surface area contributed by atoms with Gasteiger partial charge in [0.15, 0.2) is 0 Å². The average Bonchev–Trinajstić information content (AvgIpc) is 4.08. The Morgan fingerprint density at radius 1 is 0.418 bits per heavy atom. The van der Waals surface area contributed by atoms with Gasteiger partial charge in [0.1, 0.15) is 11.2 Å². The van der Waals surface area contributed by atoms with Crippen LogP contribution in [-0.2, 0) is 10.8 Å². The number of benzene rings is 10. The van der Waals surface area contributed by atoms with Crippen LogP contribution in [0.4, 0.5) is 17.1 Å². The SMILES string of the molecule is CC1(C)c2ccccc2-c2c(N(c3ccccc3)c3cccc(C4(c5ccc6c(c5)c5ccccc5n6-c5ccccc5)c5ccccc5-c5ccccc54)c3)cc3oc4ccccc4c3c21. The summed E-state index contributed by atoms with van der Waals surface area (Å²) in [7, 11) is 0. The van der Waals surface area contributed by atoms with E-state index in [4.69, 9.17) is 4.42 Å². The first-order chi connectivity index (χ1) is 33.0. The molecule has 3 heteroatoms. The Labute approximate surface area is 389 Å². The standard InChI is InChI=1S/C64H44N2O/c1-63(2)52-31-14-11-29-49(52)60-57(40-59-61(62(60)63)50-30-13-18-35-58(50)67-59)65(43-21-5-3-6-22-43)45-25-19-20-41(38-45)64(53-32-15-9-26-46(53)47-27-10-16-33-54(47)64)42-36-37-56-51(39-42)48-28-12-17-34-55(48)66(56)44-23-7-4-8-24-44/h3-40H,1-2H3. The fraction of sp³-hybridized carbons (Fsp3) is 0.0625. The van der Waals surface area contributed by atoms with Crippen LogP contribution in [0.5, 0.6) is 0 Å². The third kappa shape index (κ3) is 5.17. The van der Waals surface area contributed by atoms with Gasteiger partial charge in [0.05, 0.1) is 22.1 Å². The molecule has 12 aromatic rings. The van der Waals surface area contributed by atoms with Gasteiger partial charge in [0.2, 0.25) is 0 Å². The van der Waals surface area contributed by atoms with Crippen LogP contribution in [0.1, 0.15) is 47.2 Å². The third-order valence-corrected chi connectivity index (χ3v) is 15.0. The second-order valence-electron chi connectivity index (χ2n) is 18.8. The molecule has 2 aliphatic carbocycles. The number of para-hydroxylation sites is 4. The largest absolute Gasteiger partial charge is 0.456 e. The predicted molar refractivity (Wildman–Crippen MR) is 278 cm³/mol. The molecule has 0 amide bonds. The molecule has 14 rings (SSSR count). The Morgan fingerprint density at radius 3 is 1.76 bits per heavy atom. The zero-order valence-corrected chi connectivity index (χ0v) is 37.2.